The van der Waals surface area contributed by atoms with E-state index in [1.807, 2.05) is 24.3 Å². The zero-order chi connectivity index (χ0) is 12.5. The number of likely N-dealkylation sites (tertiary alicyclic amines) is 1. The molecule has 92 valence electrons. The smallest absolute Gasteiger partial charge is 0.223 e. The Balaban J connectivity index is 1.79. The molecule has 0 spiro atoms. The van der Waals surface area contributed by atoms with Gasteiger partial charge >= 0.3 is 0 Å². The van der Waals surface area contributed by atoms with Gasteiger partial charge in [0.15, 0.2) is 0 Å². The maximum Gasteiger partial charge on any atom is 0.223 e. The SMILES string of the molecule is CC1(O)CN(C(=O)CCc2ccc(Cl)cc2)C1. The normalized spacial score (nSPS) is 17.7. The first kappa shape index (κ1) is 12.4. The van der Waals surface area contributed by atoms with Gasteiger partial charge in [-0.05, 0) is 31.0 Å². The lowest BCUT2D eigenvalue weighted by molar-refractivity contribution is -0.152. The first-order valence-corrected chi connectivity index (χ1v) is 6.09. The first-order chi connectivity index (χ1) is 7.96. The van der Waals surface area contributed by atoms with Crippen LogP contribution >= 0.6 is 11.6 Å². The summed E-state index contributed by atoms with van der Waals surface area (Å²) < 4.78 is 0. The van der Waals surface area contributed by atoms with Gasteiger partial charge in [0.25, 0.3) is 0 Å². The summed E-state index contributed by atoms with van der Waals surface area (Å²) >= 11 is 5.78. The van der Waals surface area contributed by atoms with Crippen LogP contribution in [0.25, 0.3) is 0 Å². The number of aryl methyl sites for hydroxylation is 1. The molecular formula is C13H16ClNO2. The van der Waals surface area contributed by atoms with Crippen LogP contribution in [0.5, 0.6) is 0 Å². The summed E-state index contributed by atoms with van der Waals surface area (Å²) in [5.74, 6) is 0.103. The molecule has 1 heterocycles. The Morgan fingerprint density at radius 2 is 2.00 bits per heavy atom. The molecule has 1 fully saturated rings. The molecule has 1 aromatic carbocycles. The van der Waals surface area contributed by atoms with Gasteiger partial charge in [-0.25, -0.2) is 0 Å². The summed E-state index contributed by atoms with van der Waals surface area (Å²) in [7, 11) is 0. The van der Waals surface area contributed by atoms with Gasteiger partial charge in [0.1, 0.15) is 0 Å². The third-order valence-corrected chi connectivity index (χ3v) is 3.21. The van der Waals surface area contributed by atoms with Gasteiger partial charge in [-0.3, -0.25) is 4.79 Å². The lowest BCUT2D eigenvalue weighted by Gasteiger charge is -2.44. The molecule has 1 saturated heterocycles. The Labute approximate surface area is 106 Å². The van der Waals surface area contributed by atoms with E-state index in [4.69, 9.17) is 11.6 Å². The predicted octanol–water partition coefficient (Wildman–Crippen LogP) is 1.87. The summed E-state index contributed by atoms with van der Waals surface area (Å²) in [5.41, 5.74) is 0.422. The molecule has 0 saturated carbocycles. The van der Waals surface area contributed by atoms with Gasteiger partial charge in [0.2, 0.25) is 5.91 Å². The Morgan fingerprint density at radius 1 is 1.41 bits per heavy atom. The highest BCUT2D eigenvalue weighted by atomic mass is 35.5. The van der Waals surface area contributed by atoms with Crippen LogP contribution in [0.4, 0.5) is 0 Å². The number of β-amino-alcohol motifs (C(OH)–C–C–N with tert-alkyl or cyclic N) is 1. The molecule has 0 aromatic heterocycles. The van der Waals surface area contributed by atoms with Crippen LogP contribution in [0, 0.1) is 0 Å². The van der Waals surface area contributed by atoms with E-state index in [-0.39, 0.29) is 5.91 Å². The molecule has 1 aliphatic heterocycles. The molecule has 0 aliphatic carbocycles. The molecular weight excluding hydrogens is 238 g/mol. The molecule has 4 heteroatoms. The minimum Gasteiger partial charge on any atom is -0.386 e. The zero-order valence-electron chi connectivity index (χ0n) is 9.82. The largest absolute Gasteiger partial charge is 0.386 e. The second-order valence-electron chi connectivity index (χ2n) is 4.87. The van der Waals surface area contributed by atoms with Crippen molar-refractivity contribution in [3.63, 3.8) is 0 Å². The van der Waals surface area contributed by atoms with Gasteiger partial charge in [0, 0.05) is 11.4 Å². The number of carbonyl (C=O) groups excluding carboxylic acids is 1. The average Bonchev–Trinajstić information content (AvgIpc) is 2.24. The molecule has 0 radical (unpaired) electrons. The Bertz CT molecular complexity index is 406. The highest BCUT2D eigenvalue weighted by Gasteiger charge is 2.38. The van der Waals surface area contributed by atoms with E-state index in [0.29, 0.717) is 31.0 Å². The van der Waals surface area contributed by atoms with Crippen molar-refractivity contribution < 1.29 is 9.90 Å². The van der Waals surface area contributed by atoms with E-state index in [2.05, 4.69) is 0 Å². The number of benzene rings is 1. The lowest BCUT2D eigenvalue weighted by atomic mass is 9.96. The maximum atomic E-state index is 11.7. The van der Waals surface area contributed by atoms with E-state index in [1.165, 1.54) is 0 Å². The van der Waals surface area contributed by atoms with E-state index >= 15 is 0 Å². The van der Waals surface area contributed by atoms with Crippen LogP contribution in [-0.4, -0.2) is 34.6 Å². The van der Waals surface area contributed by atoms with E-state index < -0.39 is 5.60 Å². The van der Waals surface area contributed by atoms with Gasteiger partial charge in [-0.15, -0.1) is 0 Å². The molecule has 1 amide bonds. The van der Waals surface area contributed by atoms with Crippen molar-refractivity contribution in [2.75, 3.05) is 13.1 Å². The number of halogens is 1. The number of rotatable bonds is 3. The van der Waals surface area contributed by atoms with Crippen molar-refractivity contribution in [2.45, 2.75) is 25.4 Å². The number of nitrogens with zero attached hydrogens (tertiary/aromatic N) is 1. The minimum absolute atomic E-state index is 0.103. The number of carbonyl (C=O) groups is 1. The number of hydrogen-bond acceptors (Lipinski definition) is 2. The number of hydrogen-bond donors (Lipinski definition) is 1. The zero-order valence-corrected chi connectivity index (χ0v) is 10.6. The molecule has 0 unspecified atom stereocenters. The highest BCUT2D eigenvalue weighted by molar-refractivity contribution is 6.30. The Kier molecular flexibility index (Phi) is 3.40. The standard InChI is InChI=1S/C13H16ClNO2/c1-13(17)8-15(9-13)12(16)7-4-10-2-5-11(14)6-3-10/h2-3,5-6,17H,4,7-9H2,1H3. The Hall–Kier alpha value is -1.06. The van der Waals surface area contributed by atoms with Gasteiger partial charge < -0.3 is 10.0 Å². The number of aliphatic hydroxyl groups is 1. The van der Waals surface area contributed by atoms with Crippen LogP contribution in [0.15, 0.2) is 24.3 Å². The van der Waals surface area contributed by atoms with Crippen molar-refractivity contribution in [3.05, 3.63) is 34.9 Å². The molecule has 1 aliphatic rings. The molecule has 2 rings (SSSR count). The maximum absolute atomic E-state index is 11.7. The van der Waals surface area contributed by atoms with E-state index in [9.17, 15) is 9.90 Å². The summed E-state index contributed by atoms with van der Waals surface area (Å²) in [6, 6.07) is 7.52. The average molecular weight is 254 g/mol. The second-order valence-corrected chi connectivity index (χ2v) is 5.31. The second kappa shape index (κ2) is 4.67. The highest BCUT2D eigenvalue weighted by Crippen LogP contribution is 2.21. The monoisotopic (exact) mass is 253 g/mol. The fraction of sp³-hybridized carbons (Fsp3) is 0.462. The number of amides is 1. The van der Waals surface area contributed by atoms with Gasteiger partial charge in [-0.1, -0.05) is 23.7 Å². The van der Waals surface area contributed by atoms with Crippen molar-refractivity contribution in [1.82, 2.24) is 4.90 Å². The van der Waals surface area contributed by atoms with E-state index in [0.717, 1.165) is 5.56 Å². The van der Waals surface area contributed by atoms with Crippen molar-refractivity contribution in [3.8, 4) is 0 Å². The Morgan fingerprint density at radius 3 is 2.53 bits per heavy atom. The lowest BCUT2D eigenvalue weighted by Crippen LogP contribution is -2.61. The van der Waals surface area contributed by atoms with Crippen LogP contribution in [0.1, 0.15) is 18.9 Å². The first-order valence-electron chi connectivity index (χ1n) is 5.71. The van der Waals surface area contributed by atoms with Crippen molar-refractivity contribution in [2.24, 2.45) is 0 Å². The van der Waals surface area contributed by atoms with E-state index in [1.54, 1.807) is 11.8 Å². The third-order valence-electron chi connectivity index (χ3n) is 2.96. The minimum atomic E-state index is -0.685. The van der Waals surface area contributed by atoms with Crippen LogP contribution in [0.3, 0.4) is 0 Å². The van der Waals surface area contributed by atoms with Crippen molar-refractivity contribution >= 4 is 17.5 Å². The fourth-order valence-electron chi connectivity index (χ4n) is 2.01. The van der Waals surface area contributed by atoms with Gasteiger partial charge in [0.05, 0.1) is 18.7 Å². The summed E-state index contributed by atoms with van der Waals surface area (Å²) in [6.07, 6.45) is 1.20. The molecule has 1 N–H and O–H groups in total. The molecule has 0 bridgehead atoms. The topological polar surface area (TPSA) is 40.5 Å². The molecule has 3 nitrogen and oxygen atoms in total. The van der Waals surface area contributed by atoms with Crippen molar-refractivity contribution in [1.29, 1.82) is 0 Å². The fourth-order valence-corrected chi connectivity index (χ4v) is 2.14. The van der Waals surface area contributed by atoms with Crippen LogP contribution in [-0.2, 0) is 11.2 Å². The third kappa shape index (κ3) is 3.20. The predicted molar refractivity (Wildman–Crippen MR) is 67.0 cm³/mol. The summed E-state index contributed by atoms with van der Waals surface area (Å²) in [6.45, 7) is 2.65. The summed E-state index contributed by atoms with van der Waals surface area (Å²) in [4.78, 5) is 13.4. The molecule has 0 atom stereocenters. The van der Waals surface area contributed by atoms with Crippen LogP contribution in [0.2, 0.25) is 5.02 Å². The quantitative estimate of drug-likeness (QED) is 0.893. The molecule has 17 heavy (non-hydrogen) atoms. The van der Waals surface area contributed by atoms with Crippen LogP contribution < -0.4 is 0 Å². The van der Waals surface area contributed by atoms with Gasteiger partial charge in [-0.2, -0.15) is 0 Å². The molecule has 1 aromatic rings. The summed E-state index contributed by atoms with van der Waals surface area (Å²) in [5, 5.41) is 10.2.